The molecule has 1 aliphatic rings. The van der Waals surface area contributed by atoms with Crippen LogP contribution in [0.15, 0.2) is 79.0 Å². The van der Waals surface area contributed by atoms with Crippen LogP contribution in [0.3, 0.4) is 0 Å². The van der Waals surface area contributed by atoms with Crippen molar-refractivity contribution in [2.45, 2.75) is 65.1 Å². The van der Waals surface area contributed by atoms with E-state index in [4.69, 9.17) is 4.98 Å². The summed E-state index contributed by atoms with van der Waals surface area (Å²) in [7, 11) is 0. The molecule has 240 valence electrons. The molecule has 2 heterocycles. The lowest BCUT2D eigenvalue weighted by Crippen LogP contribution is -2.46. The average Bonchev–Trinajstić information content (AvgIpc) is 3.50. The zero-order valence-electron chi connectivity index (χ0n) is 26.6. The van der Waals surface area contributed by atoms with Crippen LogP contribution in [0.4, 0.5) is 0 Å². The maximum Gasteiger partial charge on any atom is 0.335 e. The minimum Gasteiger partial charge on any atom is -0.478 e. The Kier molecular flexibility index (Phi) is 10.6. The van der Waals surface area contributed by atoms with Crippen LogP contribution in [-0.2, 0) is 19.5 Å². The van der Waals surface area contributed by atoms with Gasteiger partial charge in [0.2, 0.25) is 0 Å². The number of aromatic carboxylic acids is 1. The first-order valence-corrected chi connectivity index (χ1v) is 16.1. The predicted molar refractivity (Wildman–Crippen MR) is 177 cm³/mol. The van der Waals surface area contributed by atoms with E-state index >= 15 is 0 Å². The summed E-state index contributed by atoms with van der Waals surface area (Å²) < 4.78 is 1.86. The minimum absolute atomic E-state index is 0.0344. The Morgan fingerprint density at radius 1 is 0.913 bits per heavy atom. The largest absolute Gasteiger partial charge is 0.478 e. The van der Waals surface area contributed by atoms with Crippen molar-refractivity contribution < 1.29 is 24.6 Å². The standard InChI is InChI=1S/C37H42N4O5/c1-3-5-18-39(19-6-4-2)36(44)33-24-40(22-26-12-8-7-9-13-26)34(38-33)31-17-16-28(37(45)46)21-32(31)35(43)41-23-29-15-11-10-14-27(29)20-30(41)25-42/h7-17,21,24,30,42H,3-6,18-20,22-23,25H2,1-2H3,(H,45,46)/t30-/m0/s1. The molecule has 9 nitrogen and oxygen atoms in total. The molecule has 0 fully saturated rings. The van der Waals surface area contributed by atoms with Crippen LogP contribution >= 0.6 is 0 Å². The first-order valence-electron chi connectivity index (χ1n) is 16.1. The van der Waals surface area contributed by atoms with E-state index in [1.807, 2.05) is 64.1 Å². The highest BCUT2D eigenvalue weighted by Crippen LogP contribution is 2.31. The summed E-state index contributed by atoms with van der Waals surface area (Å²) in [5.74, 6) is -1.33. The Bertz CT molecular complexity index is 1670. The van der Waals surface area contributed by atoms with Gasteiger partial charge < -0.3 is 24.6 Å². The van der Waals surface area contributed by atoms with Gasteiger partial charge in [-0.15, -0.1) is 0 Å². The van der Waals surface area contributed by atoms with Crippen molar-refractivity contribution in [2.75, 3.05) is 19.7 Å². The first-order chi connectivity index (χ1) is 22.3. The van der Waals surface area contributed by atoms with Gasteiger partial charge in [-0.3, -0.25) is 9.59 Å². The van der Waals surface area contributed by atoms with Gasteiger partial charge in [0.1, 0.15) is 11.5 Å². The molecule has 4 aromatic rings. The van der Waals surface area contributed by atoms with Crippen LogP contribution in [0.5, 0.6) is 0 Å². The Morgan fingerprint density at radius 2 is 1.59 bits per heavy atom. The molecule has 0 aliphatic carbocycles. The Hall–Kier alpha value is -4.76. The van der Waals surface area contributed by atoms with E-state index in [1.54, 1.807) is 17.2 Å². The third-order valence-electron chi connectivity index (χ3n) is 8.61. The smallest absolute Gasteiger partial charge is 0.335 e. The molecule has 0 bridgehead atoms. The van der Waals surface area contributed by atoms with Crippen LogP contribution in [0.25, 0.3) is 11.4 Å². The second-order valence-corrected chi connectivity index (χ2v) is 11.9. The van der Waals surface area contributed by atoms with Crippen LogP contribution < -0.4 is 0 Å². The number of nitrogens with zero attached hydrogens (tertiary/aromatic N) is 4. The number of hydrogen-bond donors (Lipinski definition) is 2. The van der Waals surface area contributed by atoms with Crippen LogP contribution in [0, 0.1) is 0 Å². The molecule has 1 aliphatic heterocycles. The Labute approximate surface area is 270 Å². The van der Waals surface area contributed by atoms with Gasteiger partial charge in [-0.25, -0.2) is 9.78 Å². The number of carboxylic acids is 1. The van der Waals surface area contributed by atoms with Crippen LogP contribution in [0.1, 0.15) is 87.4 Å². The Morgan fingerprint density at radius 3 is 2.24 bits per heavy atom. The average molecular weight is 623 g/mol. The molecular formula is C37H42N4O5. The second kappa shape index (κ2) is 15.0. The number of carbonyl (C=O) groups is 3. The SMILES string of the molecule is CCCCN(CCCC)C(=O)c1cn(Cc2ccccc2)c(-c2ccc(C(=O)O)cc2C(=O)N2Cc3ccccc3C[C@H]2CO)n1. The number of benzene rings is 3. The molecule has 0 saturated heterocycles. The number of unbranched alkanes of at least 4 members (excludes halogenated alkanes) is 2. The fraction of sp³-hybridized carbons (Fsp3) is 0.351. The number of imidazole rings is 1. The third kappa shape index (κ3) is 7.21. The topological polar surface area (TPSA) is 116 Å². The normalized spacial score (nSPS) is 14.2. The number of carboxylic acid groups (broad SMARTS) is 1. The van der Waals surface area contributed by atoms with Gasteiger partial charge in [-0.05, 0) is 54.2 Å². The number of aliphatic hydroxyl groups is 1. The lowest BCUT2D eigenvalue weighted by Gasteiger charge is -2.36. The highest BCUT2D eigenvalue weighted by atomic mass is 16.4. The number of fused-ring (bicyclic) bond motifs is 1. The van der Waals surface area contributed by atoms with Crippen LogP contribution in [-0.4, -0.2) is 73.1 Å². The van der Waals surface area contributed by atoms with Crippen LogP contribution in [0.2, 0.25) is 0 Å². The maximum atomic E-state index is 14.4. The summed E-state index contributed by atoms with van der Waals surface area (Å²) >= 11 is 0. The lowest BCUT2D eigenvalue weighted by atomic mass is 9.92. The maximum absolute atomic E-state index is 14.4. The van der Waals surface area contributed by atoms with Gasteiger partial charge in [0.25, 0.3) is 11.8 Å². The number of amides is 2. The molecule has 2 amide bonds. The minimum atomic E-state index is -1.16. The van der Waals surface area contributed by atoms with Gasteiger partial charge in [-0.1, -0.05) is 81.3 Å². The quantitative estimate of drug-likeness (QED) is 0.192. The highest BCUT2D eigenvalue weighted by molar-refractivity contribution is 6.03. The monoisotopic (exact) mass is 622 g/mol. The zero-order chi connectivity index (χ0) is 32.6. The van der Waals surface area contributed by atoms with Gasteiger partial charge in [0, 0.05) is 37.9 Å². The second-order valence-electron chi connectivity index (χ2n) is 11.9. The molecule has 2 N–H and O–H groups in total. The summed E-state index contributed by atoms with van der Waals surface area (Å²) in [6, 6.07) is 21.6. The molecular weight excluding hydrogens is 580 g/mol. The molecule has 0 radical (unpaired) electrons. The van der Waals surface area contributed by atoms with Crippen molar-refractivity contribution in [3.05, 3.63) is 113 Å². The van der Waals surface area contributed by atoms with Gasteiger partial charge in [0.05, 0.1) is 23.8 Å². The lowest BCUT2D eigenvalue weighted by molar-refractivity contribution is 0.0544. The fourth-order valence-corrected chi connectivity index (χ4v) is 6.00. The zero-order valence-corrected chi connectivity index (χ0v) is 26.6. The van der Waals surface area contributed by atoms with Crippen molar-refractivity contribution in [1.82, 2.24) is 19.4 Å². The van der Waals surface area contributed by atoms with Crippen molar-refractivity contribution in [2.24, 2.45) is 0 Å². The molecule has 1 aromatic heterocycles. The van der Waals surface area contributed by atoms with Gasteiger partial charge in [0.15, 0.2) is 0 Å². The van der Waals surface area contributed by atoms with E-state index in [1.165, 1.54) is 12.1 Å². The number of rotatable bonds is 13. The van der Waals surface area contributed by atoms with E-state index in [0.29, 0.717) is 37.4 Å². The molecule has 46 heavy (non-hydrogen) atoms. The summed E-state index contributed by atoms with van der Waals surface area (Å²) in [6.07, 6.45) is 5.91. The molecule has 1 atom stereocenters. The summed E-state index contributed by atoms with van der Waals surface area (Å²) in [4.78, 5) is 48.7. The number of aromatic nitrogens is 2. The van der Waals surface area contributed by atoms with Gasteiger partial charge in [-0.2, -0.15) is 0 Å². The number of hydrogen-bond acceptors (Lipinski definition) is 5. The van der Waals surface area contributed by atoms with E-state index in [0.717, 1.165) is 42.4 Å². The highest BCUT2D eigenvalue weighted by Gasteiger charge is 2.33. The van der Waals surface area contributed by atoms with Gasteiger partial charge >= 0.3 is 5.97 Å². The van der Waals surface area contributed by atoms with Crippen molar-refractivity contribution in [3.63, 3.8) is 0 Å². The molecule has 0 spiro atoms. The summed E-state index contributed by atoms with van der Waals surface area (Å²) in [5.41, 5.74) is 3.86. The molecule has 0 saturated carbocycles. The molecule has 0 unspecified atom stereocenters. The van der Waals surface area contributed by atoms with E-state index < -0.39 is 17.9 Å². The van der Waals surface area contributed by atoms with E-state index in [9.17, 15) is 24.6 Å². The van der Waals surface area contributed by atoms with E-state index in [2.05, 4.69) is 13.8 Å². The molecule has 3 aromatic carbocycles. The fourth-order valence-electron chi connectivity index (χ4n) is 6.00. The van der Waals surface area contributed by atoms with Crippen molar-refractivity contribution in [1.29, 1.82) is 0 Å². The Balaban J connectivity index is 1.62. The summed E-state index contributed by atoms with van der Waals surface area (Å²) in [5, 5.41) is 20.2. The molecule has 5 rings (SSSR count). The number of aliphatic hydroxyl groups excluding tert-OH is 1. The predicted octanol–water partition coefficient (Wildman–Crippen LogP) is 5.90. The molecule has 9 heteroatoms. The number of carbonyl (C=O) groups excluding carboxylic acids is 2. The van der Waals surface area contributed by atoms with Crippen molar-refractivity contribution >= 4 is 17.8 Å². The first kappa shape index (κ1) is 32.6. The third-order valence-corrected chi connectivity index (χ3v) is 8.61. The summed E-state index contributed by atoms with van der Waals surface area (Å²) in [6.45, 7) is 5.89. The van der Waals surface area contributed by atoms with E-state index in [-0.39, 0.29) is 35.9 Å². The van der Waals surface area contributed by atoms with Crippen molar-refractivity contribution in [3.8, 4) is 11.4 Å².